The van der Waals surface area contributed by atoms with Gasteiger partial charge in [-0.2, -0.15) is 0 Å². The van der Waals surface area contributed by atoms with Crippen molar-refractivity contribution in [1.29, 1.82) is 0 Å². The van der Waals surface area contributed by atoms with Crippen LogP contribution in [0.1, 0.15) is 10.6 Å². The molecule has 0 fully saturated rings. The summed E-state index contributed by atoms with van der Waals surface area (Å²) in [5.74, 6) is 1.99. The minimum Gasteiger partial charge on any atom is -0.261 e. The molecule has 2 aromatic heterocycles. The van der Waals surface area contributed by atoms with Crippen LogP contribution in [0.2, 0.25) is 0 Å². The fraction of sp³-hybridized carbons (Fsp3) is 0.200. The van der Waals surface area contributed by atoms with Crippen molar-refractivity contribution in [3.05, 3.63) is 46.7 Å². The summed E-state index contributed by atoms with van der Waals surface area (Å²) < 4.78 is 0. The van der Waals surface area contributed by atoms with Gasteiger partial charge in [-0.05, 0) is 21.3 Å². The lowest BCUT2D eigenvalue weighted by Gasteiger charge is -1.98. The molecule has 0 aliphatic heterocycles. The summed E-state index contributed by atoms with van der Waals surface area (Å²) in [6.07, 6.45) is 5.25. The molecule has 2 heterocycles. The van der Waals surface area contributed by atoms with Crippen LogP contribution >= 0.6 is 42.8 Å². The Morgan fingerprint density at radius 2 is 2.12 bits per heavy atom. The van der Waals surface area contributed by atoms with E-state index >= 15 is 0 Å². The highest BCUT2D eigenvalue weighted by Gasteiger charge is 1.97. The van der Waals surface area contributed by atoms with E-state index < -0.39 is 0 Å². The Morgan fingerprint density at radius 1 is 1.19 bits per heavy atom. The van der Waals surface area contributed by atoms with Crippen LogP contribution in [0.15, 0.2) is 36.1 Å². The second kappa shape index (κ2) is 7.21. The fourth-order valence-electron chi connectivity index (χ4n) is 1.000. The molecule has 2 nitrogen and oxygen atoms in total. The quantitative estimate of drug-likeness (QED) is 0.583. The Hall–Kier alpha value is -0.170. The highest BCUT2D eigenvalue weighted by Crippen LogP contribution is 2.38. The lowest BCUT2D eigenvalue weighted by molar-refractivity contribution is 1.10. The summed E-state index contributed by atoms with van der Waals surface area (Å²) in [6.45, 7) is 0. The van der Waals surface area contributed by atoms with Gasteiger partial charge in [-0.1, -0.05) is 27.7 Å². The first-order valence-electron chi connectivity index (χ1n) is 4.63. The Labute approximate surface area is 110 Å². The first-order valence-corrected chi connectivity index (χ1v) is 9.33. The summed E-state index contributed by atoms with van der Waals surface area (Å²) in [4.78, 5) is 9.68. The molecule has 0 amide bonds. The topological polar surface area (TPSA) is 25.8 Å². The number of aromatic nitrogens is 2. The van der Waals surface area contributed by atoms with Crippen LogP contribution < -0.4 is 0 Å². The molecule has 0 aromatic carbocycles. The molecular formula is C10H10N2S4. The molecular weight excluding hydrogens is 276 g/mol. The zero-order valence-corrected chi connectivity index (χ0v) is 11.7. The van der Waals surface area contributed by atoms with Gasteiger partial charge in [0.1, 0.15) is 0 Å². The summed E-state index contributed by atoms with van der Waals surface area (Å²) >= 11 is 1.81. The van der Waals surface area contributed by atoms with Gasteiger partial charge < -0.3 is 0 Å². The maximum atomic E-state index is 4.22. The van der Waals surface area contributed by atoms with E-state index in [1.165, 1.54) is 4.88 Å². The molecule has 0 aliphatic rings. The molecule has 2 rings (SSSR count). The van der Waals surface area contributed by atoms with Crippen LogP contribution in [0.5, 0.6) is 0 Å². The molecule has 2 aromatic rings. The highest BCUT2D eigenvalue weighted by molar-refractivity contribution is 9.09. The molecule has 0 saturated heterocycles. The van der Waals surface area contributed by atoms with Crippen LogP contribution in [-0.4, -0.2) is 9.97 Å². The zero-order chi connectivity index (χ0) is 11.1. The maximum Gasteiger partial charge on any atom is 0.0694 e. The Morgan fingerprint density at radius 3 is 2.88 bits per heavy atom. The molecule has 0 unspecified atom stereocenters. The van der Waals surface area contributed by atoms with Crippen LogP contribution in [0, 0.1) is 0 Å². The van der Waals surface area contributed by atoms with Crippen molar-refractivity contribution in [2.45, 2.75) is 11.5 Å². The van der Waals surface area contributed by atoms with Crippen molar-refractivity contribution in [1.82, 2.24) is 9.97 Å². The minimum absolute atomic E-state index is 0.913. The van der Waals surface area contributed by atoms with E-state index in [9.17, 15) is 0 Å². The maximum absolute atomic E-state index is 4.22. The summed E-state index contributed by atoms with van der Waals surface area (Å²) in [7, 11) is 5.50. The Balaban J connectivity index is 1.59. The minimum atomic E-state index is 0.913. The van der Waals surface area contributed by atoms with E-state index in [1.807, 2.05) is 48.9 Å². The van der Waals surface area contributed by atoms with Gasteiger partial charge in [0.25, 0.3) is 0 Å². The van der Waals surface area contributed by atoms with Gasteiger partial charge in [-0.15, -0.1) is 11.3 Å². The third-order valence-corrected chi connectivity index (χ3v) is 6.81. The third kappa shape index (κ3) is 4.37. The molecule has 0 aliphatic carbocycles. The predicted octanol–water partition coefficient (Wildman–Crippen LogP) is 4.27. The highest BCUT2D eigenvalue weighted by atomic mass is 33.5. The lowest BCUT2D eigenvalue weighted by atomic mass is 10.5. The first kappa shape index (κ1) is 12.3. The predicted molar refractivity (Wildman–Crippen MR) is 76.5 cm³/mol. The van der Waals surface area contributed by atoms with Crippen molar-refractivity contribution < 1.29 is 0 Å². The van der Waals surface area contributed by atoms with Crippen molar-refractivity contribution in [2.75, 3.05) is 0 Å². The van der Waals surface area contributed by atoms with Crippen LogP contribution in [0.25, 0.3) is 0 Å². The van der Waals surface area contributed by atoms with E-state index in [0.717, 1.165) is 17.2 Å². The van der Waals surface area contributed by atoms with E-state index in [-0.39, 0.29) is 0 Å². The first-order chi connectivity index (χ1) is 7.95. The van der Waals surface area contributed by atoms with Gasteiger partial charge in [0.15, 0.2) is 0 Å². The van der Waals surface area contributed by atoms with Crippen molar-refractivity contribution in [3.8, 4) is 0 Å². The molecule has 16 heavy (non-hydrogen) atoms. The van der Waals surface area contributed by atoms with Crippen LogP contribution in [-0.2, 0) is 11.5 Å². The van der Waals surface area contributed by atoms with E-state index in [0.29, 0.717) is 0 Å². The van der Waals surface area contributed by atoms with Gasteiger partial charge in [0.2, 0.25) is 0 Å². The SMILES string of the molecule is c1csc(CSSSCc2cnccn2)c1. The number of rotatable bonds is 6. The summed E-state index contributed by atoms with van der Waals surface area (Å²) in [6, 6.07) is 4.27. The van der Waals surface area contributed by atoms with Crippen LogP contribution in [0.4, 0.5) is 0 Å². The molecule has 0 bridgehead atoms. The van der Waals surface area contributed by atoms with Gasteiger partial charge in [-0.25, -0.2) is 0 Å². The van der Waals surface area contributed by atoms with Gasteiger partial charge in [0.05, 0.1) is 5.69 Å². The number of nitrogens with zero attached hydrogens (tertiary/aromatic N) is 2. The van der Waals surface area contributed by atoms with Crippen LogP contribution in [0.3, 0.4) is 0 Å². The molecule has 0 saturated carbocycles. The Bertz CT molecular complexity index is 390. The lowest BCUT2D eigenvalue weighted by Crippen LogP contribution is -1.84. The van der Waals surface area contributed by atoms with Crippen molar-refractivity contribution >= 4 is 42.8 Å². The molecule has 0 spiro atoms. The number of hydrogen-bond donors (Lipinski definition) is 0. The largest absolute Gasteiger partial charge is 0.261 e. The van der Waals surface area contributed by atoms with Crippen molar-refractivity contribution in [3.63, 3.8) is 0 Å². The summed E-state index contributed by atoms with van der Waals surface area (Å²) in [5, 5.41) is 2.12. The molecule has 0 N–H and O–H groups in total. The van der Waals surface area contributed by atoms with Crippen molar-refractivity contribution in [2.24, 2.45) is 0 Å². The summed E-state index contributed by atoms with van der Waals surface area (Å²) in [5.41, 5.74) is 1.04. The zero-order valence-electron chi connectivity index (χ0n) is 8.41. The monoisotopic (exact) mass is 286 g/mol. The fourth-order valence-corrected chi connectivity index (χ4v) is 5.52. The van der Waals surface area contributed by atoms with E-state index in [4.69, 9.17) is 0 Å². The molecule has 0 atom stereocenters. The molecule has 0 radical (unpaired) electrons. The van der Waals surface area contributed by atoms with E-state index in [2.05, 4.69) is 27.5 Å². The molecule has 6 heteroatoms. The number of thiophene rings is 1. The third-order valence-electron chi connectivity index (χ3n) is 1.70. The normalized spacial score (nSPS) is 10.5. The van der Waals surface area contributed by atoms with Gasteiger partial charge >= 0.3 is 0 Å². The van der Waals surface area contributed by atoms with Gasteiger partial charge in [-0.3, -0.25) is 9.97 Å². The Kier molecular flexibility index (Phi) is 5.54. The second-order valence-electron chi connectivity index (χ2n) is 2.87. The number of hydrogen-bond acceptors (Lipinski definition) is 6. The van der Waals surface area contributed by atoms with Gasteiger partial charge in [0, 0.05) is 35.0 Å². The van der Waals surface area contributed by atoms with E-state index in [1.54, 1.807) is 12.4 Å². The average Bonchev–Trinajstić information content (AvgIpc) is 2.83. The molecule has 84 valence electrons. The smallest absolute Gasteiger partial charge is 0.0694 e. The average molecular weight is 286 g/mol. The standard InChI is InChI=1S/C10H10N2S4/c1-2-10(13-5-1)8-15-16-14-7-9-6-11-3-4-12-9/h1-6H,7-8H2. The second-order valence-corrected chi connectivity index (χ2v) is 8.13.